The Bertz CT molecular complexity index is 373. The minimum Gasteiger partial charge on any atom is -0.508 e. The SMILES string of the molecule is CCC(NC1CCC(O)CC1)c1ccccc1O. The number of hydrogen-bond donors (Lipinski definition) is 3. The number of rotatable bonds is 4. The first-order valence-electron chi connectivity index (χ1n) is 6.92. The predicted octanol–water partition coefficient (Wildman–Crippen LogP) is 2.74. The number of phenolic OH excluding ortho intramolecular Hbond substituents is 1. The van der Waals surface area contributed by atoms with Crippen LogP contribution in [-0.4, -0.2) is 22.4 Å². The highest BCUT2D eigenvalue weighted by molar-refractivity contribution is 5.34. The smallest absolute Gasteiger partial charge is 0.120 e. The molecule has 1 unspecified atom stereocenters. The summed E-state index contributed by atoms with van der Waals surface area (Å²) in [7, 11) is 0. The van der Waals surface area contributed by atoms with Crippen LogP contribution in [0.2, 0.25) is 0 Å². The lowest BCUT2D eigenvalue weighted by molar-refractivity contribution is 0.114. The minimum atomic E-state index is -0.117. The summed E-state index contributed by atoms with van der Waals surface area (Å²) in [5.41, 5.74) is 0.978. The van der Waals surface area contributed by atoms with Gasteiger partial charge in [0.05, 0.1) is 6.10 Å². The van der Waals surface area contributed by atoms with Crippen molar-refractivity contribution in [1.29, 1.82) is 0 Å². The third-order valence-electron chi connectivity index (χ3n) is 3.85. The van der Waals surface area contributed by atoms with Crippen LogP contribution >= 0.6 is 0 Å². The molecule has 0 aromatic heterocycles. The Kier molecular flexibility index (Phi) is 4.61. The van der Waals surface area contributed by atoms with Crippen LogP contribution in [-0.2, 0) is 0 Å². The second-order valence-electron chi connectivity index (χ2n) is 5.19. The van der Waals surface area contributed by atoms with Crippen LogP contribution in [0, 0.1) is 0 Å². The van der Waals surface area contributed by atoms with Crippen molar-refractivity contribution in [2.75, 3.05) is 0 Å². The van der Waals surface area contributed by atoms with E-state index in [-0.39, 0.29) is 12.1 Å². The van der Waals surface area contributed by atoms with Gasteiger partial charge in [-0.1, -0.05) is 25.1 Å². The molecule has 1 fully saturated rings. The third kappa shape index (κ3) is 3.24. The Morgan fingerprint density at radius 1 is 1.22 bits per heavy atom. The van der Waals surface area contributed by atoms with E-state index in [2.05, 4.69) is 12.2 Å². The molecule has 0 saturated heterocycles. The number of hydrogen-bond acceptors (Lipinski definition) is 3. The molecule has 0 aliphatic heterocycles. The maximum Gasteiger partial charge on any atom is 0.120 e. The van der Waals surface area contributed by atoms with Crippen LogP contribution < -0.4 is 5.32 Å². The van der Waals surface area contributed by atoms with Gasteiger partial charge in [-0.2, -0.15) is 0 Å². The Morgan fingerprint density at radius 3 is 2.50 bits per heavy atom. The van der Waals surface area contributed by atoms with Gasteiger partial charge in [0.1, 0.15) is 5.75 Å². The van der Waals surface area contributed by atoms with Crippen LogP contribution in [0.15, 0.2) is 24.3 Å². The highest BCUT2D eigenvalue weighted by Crippen LogP contribution is 2.28. The van der Waals surface area contributed by atoms with Crippen LogP contribution in [0.1, 0.15) is 50.6 Å². The summed E-state index contributed by atoms with van der Waals surface area (Å²) >= 11 is 0. The van der Waals surface area contributed by atoms with Crippen molar-refractivity contribution < 1.29 is 10.2 Å². The van der Waals surface area contributed by atoms with E-state index < -0.39 is 0 Å². The van der Waals surface area contributed by atoms with Gasteiger partial charge >= 0.3 is 0 Å². The normalized spacial score (nSPS) is 25.9. The molecule has 0 heterocycles. The number of aliphatic hydroxyl groups excluding tert-OH is 1. The predicted molar refractivity (Wildman–Crippen MR) is 72.5 cm³/mol. The van der Waals surface area contributed by atoms with Crippen LogP contribution in [0.3, 0.4) is 0 Å². The molecule has 0 amide bonds. The van der Waals surface area contributed by atoms with Crippen molar-refractivity contribution in [3.8, 4) is 5.75 Å². The molecule has 1 aromatic rings. The maximum absolute atomic E-state index is 9.90. The van der Waals surface area contributed by atoms with E-state index in [0.717, 1.165) is 37.7 Å². The molecular formula is C15H23NO2. The van der Waals surface area contributed by atoms with E-state index in [9.17, 15) is 10.2 Å². The molecule has 1 atom stereocenters. The molecular weight excluding hydrogens is 226 g/mol. The van der Waals surface area contributed by atoms with Gasteiger partial charge in [0.25, 0.3) is 0 Å². The van der Waals surface area contributed by atoms with Crippen LogP contribution in [0.4, 0.5) is 0 Å². The number of para-hydroxylation sites is 1. The lowest BCUT2D eigenvalue weighted by Crippen LogP contribution is -2.36. The fourth-order valence-corrected chi connectivity index (χ4v) is 2.74. The quantitative estimate of drug-likeness (QED) is 0.769. The number of phenols is 1. The first-order valence-corrected chi connectivity index (χ1v) is 6.92. The van der Waals surface area contributed by atoms with E-state index in [0.29, 0.717) is 11.8 Å². The van der Waals surface area contributed by atoms with Crippen LogP contribution in [0.5, 0.6) is 5.75 Å². The molecule has 18 heavy (non-hydrogen) atoms. The van der Waals surface area contributed by atoms with Crippen molar-refractivity contribution >= 4 is 0 Å². The van der Waals surface area contributed by atoms with Gasteiger partial charge in [0.15, 0.2) is 0 Å². The minimum absolute atomic E-state index is 0.117. The molecule has 0 spiro atoms. The lowest BCUT2D eigenvalue weighted by Gasteiger charge is -2.30. The molecule has 1 saturated carbocycles. The second-order valence-corrected chi connectivity index (χ2v) is 5.19. The highest BCUT2D eigenvalue weighted by Gasteiger charge is 2.22. The maximum atomic E-state index is 9.90. The Balaban J connectivity index is 1.99. The zero-order valence-corrected chi connectivity index (χ0v) is 11.0. The fourth-order valence-electron chi connectivity index (χ4n) is 2.74. The van der Waals surface area contributed by atoms with Crippen LogP contribution in [0.25, 0.3) is 0 Å². The largest absolute Gasteiger partial charge is 0.508 e. The van der Waals surface area contributed by atoms with Crippen molar-refractivity contribution in [2.45, 2.75) is 57.2 Å². The number of aromatic hydroxyl groups is 1. The third-order valence-corrected chi connectivity index (χ3v) is 3.85. The summed E-state index contributed by atoms with van der Waals surface area (Å²) in [4.78, 5) is 0. The lowest BCUT2D eigenvalue weighted by atomic mass is 9.91. The Hall–Kier alpha value is -1.06. The summed E-state index contributed by atoms with van der Waals surface area (Å²) in [6.45, 7) is 2.13. The zero-order chi connectivity index (χ0) is 13.0. The second kappa shape index (κ2) is 6.21. The summed E-state index contributed by atoms with van der Waals surface area (Å²) in [5, 5.41) is 23.0. The van der Waals surface area contributed by atoms with Gasteiger partial charge in [-0.3, -0.25) is 0 Å². The first kappa shape index (κ1) is 13.4. The van der Waals surface area contributed by atoms with Gasteiger partial charge in [-0.05, 0) is 38.2 Å². The molecule has 3 N–H and O–H groups in total. The summed E-state index contributed by atoms with van der Waals surface area (Å²) in [5.74, 6) is 0.368. The number of benzene rings is 1. The first-order chi connectivity index (χ1) is 8.70. The molecule has 100 valence electrons. The van der Waals surface area contributed by atoms with E-state index >= 15 is 0 Å². The van der Waals surface area contributed by atoms with Gasteiger partial charge in [0.2, 0.25) is 0 Å². The molecule has 0 radical (unpaired) electrons. The van der Waals surface area contributed by atoms with Gasteiger partial charge in [-0.25, -0.2) is 0 Å². The number of nitrogens with one attached hydrogen (secondary N) is 1. The van der Waals surface area contributed by atoms with E-state index in [1.807, 2.05) is 18.2 Å². The highest BCUT2D eigenvalue weighted by atomic mass is 16.3. The van der Waals surface area contributed by atoms with E-state index in [1.165, 1.54) is 0 Å². The molecule has 2 rings (SSSR count). The van der Waals surface area contributed by atoms with E-state index in [4.69, 9.17) is 0 Å². The van der Waals surface area contributed by atoms with Gasteiger partial charge in [-0.15, -0.1) is 0 Å². The summed E-state index contributed by atoms with van der Waals surface area (Å²) in [6.07, 6.45) is 4.64. The Morgan fingerprint density at radius 2 is 1.89 bits per heavy atom. The molecule has 1 aliphatic carbocycles. The van der Waals surface area contributed by atoms with Gasteiger partial charge in [0, 0.05) is 17.6 Å². The molecule has 1 aliphatic rings. The number of aliphatic hydroxyl groups is 1. The van der Waals surface area contributed by atoms with Crippen molar-refractivity contribution in [3.63, 3.8) is 0 Å². The van der Waals surface area contributed by atoms with Crippen molar-refractivity contribution in [3.05, 3.63) is 29.8 Å². The molecule has 1 aromatic carbocycles. The zero-order valence-electron chi connectivity index (χ0n) is 11.0. The molecule has 3 nitrogen and oxygen atoms in total. The fraction of sp³-hybridized carbons (Fsp3) is 0.600. The Labute approximate surface area is 109 Å². The standard InChI is InChI=1S/C15H23NO2/c1-2-14(13-5-3-4-6-15(13)18)16-11-7-9-12(17)10-8-11/h3-6,11-12,14,16-18H,2,7-10H2,1H3. The monoisotopic (exact) mass is 249 g/mol. The summed E-state index contributed by atoms with van der Waals surface area (Å²) in [6, 6.07) is 8.19. The topological polar surface area (TPSA) is 52.5 Å². The average Bonchev–Trinajstić information content (AvgIpc) is 2.39. The van der Waals surface area contributed by atoms with Crippen molar-refractivity contribution in [2.24, 2.45) is 0 Å². The average molecular weight is 249 g/mol. The van der Waals surface area contributed by atoms with Crippen molar-refractivity contribution in [1.82, 2.24) is 5.32 Å². The summed E-state index contributed by atoms with van der Waals surface area (Å²) < 4.78 is 0. The molecule has 3 heteroatoms. The van der Waals surface area contributed by atoms with E-state index in [1.54, 1.807) is 6.07 Å². The molecule has 0 bridgehead atoms. The van der Waals surface area contributed by atoms with Gasteiger partial charge < -0.3 is 15.5 Å².